The van der Waals surface area contributed by atoms with Crippen LogP contribution in [-0.2, 0) is 4.79 Å². The van der Waals surface area contributed by atoms with Gasteiger partial charge in [-0.2, -0.15) is 0 Å². The van der Waals surface area contributed by atoms with E-state index in [2.05, 4.69) is 26.6 Å². The van der Waals surface area contributed by atoms with E-state index >= 15 is 0 Å². The largest absolute Gasteiger partial charge is 0.444 e. The first-order valence-corrected chi connectivity index (χ1v) is 10.0. The summed E-state index contributed by atoms with van der Waals surface area (Å²) in [6.45, 7) is 1.65. The normalized spacial score (nSPS) is 14.5. The Morgan fingerprint density at radius 3 is 2.75 bits per heavy atom. The number of amides is 3. The Morgan fingerprint density at radius 2 is 1.96 bits per heavy atom. The SMILES string of the molecule is O=C(NCCN1CCCCCC1=O)c1cccc(NC(=O)c2ccc(Br)o2)c1. The lowest BCUT2D eigenvalue weighted by Gasteiger charge is -2.20. The van der Waals surface area contributed by atoms with Gasteiger partial charge in [-0.1, -0.05) is 12.5 Å². The fraction of sp³-hybridized carbons (Fsp3) is 0.350. The summed E-state index contributed by atoms with van der Waals surface area (Å²) in [6.07, 6.45) is 3.60. The molecule has 1 aliphatic rings. The van der Waals surface area contributed by atoms with Gasteiger partial charge in [-0.3, -0.25) is 14.4 Å². The molecule has 0 spiro atoms. The number of hydrogen-bond donors (Lipinski definition) is 2. The van der Waals surface area contributed by atoms with E-state index in [1.807, 2.05) is 4.90 Å². The number of rotatable bonds is 6. The van der Waals surface area contributed by atoms with Crippen LogP contribution in [0.2, 0.25) is 0 Å². The van der Waals surface area contributed by atoms with Crippen molar-refractivity contribution in [1.29, 1.82) is 0 Å². The standard InChI is InChI=1S/C20H22BrN3O4/c21-17-9-8-16(28-17)20(27)23-15-6-4-5-14(13-15)19(26)22-10-12-24-11-3-1-2-7-18(24)25/h4-6,8-9,13H,1-3,7,10-12H2,(H,22,26)(H,23,27). The molecule has 1 aromatic carbocycles. The van der Waals surface area contributed by atoms with Gasteiger partial charge in [0.15, 0.2) is 10.4 Å². The highest BCUT2D eigenvalue weighted by Crippen LogP contribution is 2.17. The molecule has 0 radical (unpaired) electrons. The predicted octanol–water partition coefficient (Wildman–Crippen LogP) is 3.43. The quantitative estimate of drug-likeness (QED) is 0.709. The minimum Gasteiger partial charge on any atom is -0.444 e. The van der Waals surface area contributed by atoms with Crippen molar-refractivity contribution in [3.63, 3.8) is 0 Å². The van der Waals surface area contributed by atoms with E-state index in [1.54, 1.807) is 36.4 Å². The summed E-state index contributed by atoms with van der Waals surface area (Å²) in [5.74, 6) is -0.327. The third kappa shape index (κ3) is 5.45. The molecule has 2 N–H and O–H groups in total. The Hall–Kier alpha value is -2.61. The maximum absolute atomic E-state index is 12.4. The first-order chi connectivity index (χ1) is 13.5. The summed E-state index contributed by atoms with van der Waals surface area (Å²) in [4.78, 5) is 38.3. The molecule has 3 amide bonds. The van der Waals surface area contributed by atoms with Crippen LogP contribution in [0.3, 0.4) is 0 Å². The van der Waals surface area contributed by atoms with Crippen molar-refractivity contribution in [3.8, 4) is 0 Å². The van der Waals surface area contributed by atoms with Crippen LogP contribution in [0.25, 0.3) is 0 Å². The van der Waals surface area contributed by atoms with Crippen LogP contribution in [0.15, 0.2) is 45.5 Å². The number of benzene rings is 1. The minimum absolute atomic E-state index is 0.154. The third-order valence-electron chi connectivity index (χ3n) is 4.52. The molecule has 3 rings (SSSR count). The molecular formula is C20H22BrN3O4. The van der Waals surface area contributed by atoms with Crippen molar-refractivity contribution in [2.75, 3.05) is 25.0 Å². The van der Waals surface area contributed by atoms with Crippen molar-refractivity contribution in [2.24, 2.45) is 0 Å². The molecule has 0 bridgehead atoms. The molecule has 8 heteroatoms. The lowest BCUT2D eigenvalue weighted by Crippen LogP contribution is -2.38. The molecule has 2 heterocycles. The van der Waals surface area contributed by atoms with Gasteiger partial charge in [-0.15, -0.1) is 0 Å². The lowest BCUT2D eigenvalue weighted by atomic mass is 10.2. The topological polar surface area (TPSA) is 91.7 Å². The third-order valence-corrected chi connectivity index (χ3v) is 4.94. The van der Waals surface area contributed by atoms with Crippen molar-refractivity contribution in [2.45, 2.75) is 25.7 Å². The summed E-state index contributed by atoms with van der Waals surface area (Å²) in [6, 6.07) is 9.85. The van der Waals surface area contributed by atoms with E-state index in [9.17, 15) is 14.4 Å². The highest BCUT2D eigenvalue weighted by atomic mass is 79.9. The first-order valence-electron chi connectivity index (χ1n) is 9.25. The molecule has 0 aliphatic carbocycles. The molecule has 0 atom stereocenters. The number of nitrogens with one attached hydrogen (secondary N) is 2. The number of halogens is 1. The molecule has 1 aromatic heterocycles. The van der Waals surface area contributed by atoms with Gasteiger partial charge in [-0.25, -0.2) is 0 Å². The molecule has 0 saturated carbocycles. The van der Waals surface area contributed by atoms with E-state index in [0.29, 0.717) is 35.4 Å². The second-order valence-electron chi connectivity index (χ2n) is 6.59. The molecule has 1 saturated heterocycles. The second-order valence-corrected chi connectivity index (χ2v) is 7.37. The Morgan fingerprint density at radius 1 is 1.11 bits per heavy atom. The summed E-state index contributed by atoms with van der Waals surface area (Å²) < 4.78 is 5.68. The zero-order valence-corrected chi connectivity index (χ0v) is 17.0. The maximum atomic E-state index is 12.4. The summed E-state index contributed by atoms with van der Waals surface area (Å²) >= 11 is 3.15. The van der Waals surface area contributed by atoms with E-state index in [4.69, 9.17) is 4.42 Å². The van der Waals surface area contributed by atoms with Gasteiger partial charge in [0.2, 0.25) is 5.91 Å². The maximum Gasteiger partial charge on any atom is 0.291 e. The Balaban J connectivity index is 1.53. The van der Waals surface area contributed by atoms with E-state index in [1.165, 1.54) is 0 Å². The van der Waals surface area contributed by atoms with Gasteiger partial charge in [0.25, 0.3) is 11.8 Å². The fourth-order valence-corrected chi connectivity index (χ4v) is 3.36. The van der Waals surface area contributed by atoms with Crippen molar-refractivity contribution < 1.29 is 18.8 Å². The van der Waals surface area contributed by atoms with Gasteiger partial charge in [-0.05, 0) is 59.1 Å². The van der Waals surface area contributed by atoms with E-state index in [-0.39, 0.29) is 17.6 Å². The van der Waals surface area contributed by atoms with Crippen LogP contribution >= 0.6 is 15.9 Å². The molecule has 0 unspecified atom stereocenters. The number of hydrogen-bond acceptors (Lipinski definition) is 4. The zero-order valence-electron chi connectivity index (χ0n) is 15.4. The summed E-state index contributed by atoms with van der Waals surface area (Å²) in [7, 11) is 0. The zero-order chi connectivity index (χ0) is 19.9. The van der Waals surface area contributed by atoms with Crippen LogP contribution in [0.5, 0.6) is 0 Å². The van der Waals surface area contributed by atoms with Crippen LogP contribution in [0, 0.1) is 0 Å². The van der Waals surface area contributed by atoms with Crippen molar-refractivity contribution >= 4 is 39.3 Å². The Bertz CT molecular complexity index is 865. The lowest BCUT2D eigenvalue weighted by molar-refractivity contribution is -0.130. The van der Waals surface area contributed by atoms with Crippen LogP contribution in [-0.4, -0.2) is 42.3 Å². The molecule has 2 aromatic rings. The predicted molar refractivity (Wildman–Crippen MR) is 108 cm³/mol. The molecule has 7 nitrogen and oxygen atoms in total. The highest BCUT2D eigenvalue weighted by Gasteiger charge is 2.16. The van der Waals surface area contributed by atoms with Gasteiger partial charge in [0.05, 0.1) is 0 Å². The van der Waals surface area contributed by atoms with Gasteiger partial charge in [0.1, 0.15) is 0 Å². The summed E-state index contributed by atoms with van der Waals surface area (Å²) in [5.41, 5.74) is 0.925. The van der Waals surface area contributed by atoms with Gasteiger partial charge < -0.3 is 20.0 Å². The molecular weight excluding hydrogens is 426 g/mol. The fourth-order valence-electron chi connectivity index (χ4n) is 3.05. The number of likely N-dealkylation sites (tertiary alicyclic amines) is 1. The number of furan rings is 1. The summed E-state index contributed by atoms with van der Waals surface area (Å²) in [5, 5.41) is 5.53. The van der Waals surface area contributed by atoms with Gasteiger partial charge >= 0.3 is 0 Å². The highest BCUT2D eigenvalue weighted by molar-refractivity contribution is 9.10. The molecule has 1 aliphatic heterocycles. The van der Waals surface area contributed by atoms with Gasteiger partial charge in [0, 0.05) is 37.3 Å². The number of anilines is 1. The average molecular weight is 448 g/mol. The van der Waals surface area contributed by atoms with Crippen LogP contribution in [0.1, 0.15) is 46.6 Å². The van der Waals surface area contributed by atoms with Crippen molar-refractivity contribution in [3.05, 3.63) is 52.4 Å². The Kier molecular flexibility index (Phi) is 6.86. The molecule has 28 heavy (non-hydrogen) atoms. The van der Waals surface area contributed by atoms with E-state index in [0.717, 1.165) is 25.8 Å². The minimum atomic E-state index is -0.400. The number of carbonyl (C=O) groups excluding carboxylic acids is 3. The smallest absolute Gasteiger partial charge is 0.291 e. The monoisotopic (exact) mass is 447 g/mol. The Labute approximate surface area is 171 Å². The van der Waals surface area contributed by atoms with Crippen molar-refractivity contribution in [1.82, 2.24) is 10.2 Å². The average Bonchev–Trinajstić information content (AvgIpc) is 3.02. The molecule has 148 valence electrons. The number of carbonyl (C=O) groups is 3. The van der Waals surface area contributed by atoms with E-state index < -0.39 is 5.91 Å². The van der Waals surface area contributed by atoms with Crippen LogP contribution in [0.4, 0.5) is 5.69 Å². The number of nitrogens with zero attached hydrogens (tertiary/aromatic N) is 1. The van der Waals surface area contributed by atoms with Crippen LogP contribution < -0.4 is 10.6 Å². The molecule has 1 fully saturated rings. The first kappa shape index (κ1) is 20.1. The second kappa shape index (κ2) is 9.54.